The van der Waals surface area contributed by atoms with E-state index in [1.165, 1.54) is 5.69 Å². The van der Waals surface area contributed by atoms with Crippen LogP contribution in [-0.2, 0) is 0 Å². The Hall–Kier alpha value is -0.580. The van der Waals surface area contributed by atoms with E-state index in [0.29, 0.717) is 6.04 Å². The lowest BCUT2D eigenvalue weighted by molar-refractivity contribution is 0.262. The summed E-state index contributed by atoms with van der Waals surface area (Å²) < 4.78 is 1.14. The molecule has 2 rings (SSSR count). The lowest BCUT2D eigenvalue weighted by atomic mass is 10.1. The van der Waals surface area contributed by atoms with Crippen molar-refractivity contribution in [2.75, 3.05) is 38.1 Å². The number of anilines is 1. The SMILES string of the molecule is CN1CCN(c2cccc(Br)c2)C(CCN)C1. The molecule has 1 aliphatic rings. The molecule has 0 aliphatic carbocycles. The fourth-order valence-corrected chi connectivity index (χ4v) is 2.83. The van der Waals surface area contributed by atoms with Crippen molar-refractivity contribution in [3.05, 3.63) is 28.7 Å². The Labute approximate surface area is 112 Å². The largest absolute Gasteiger partial charge is 0.366 e. The third-order valence-corrected chi connectivity index (χ3v) is 3.82. The average molecular weight is 298 g/mol. The third kappa shape index (κ3) is 3.21. The Bertz CT molecular complexity index is 369. The number of benzene rings is 1. The Morgan fingerprint density at radius 3 is 2.94 bits per heavy atom. The summed E-state index contributed by atoms with van der Waals surface area (Å²) in [5.74, 6) is 0. The molecule has 0 amide bonds. The van der Waals surface area contributed by atoms with Crippen LogP contribution in [-0.4, -0.2) is 44.2 Å². The van der Waals surface area contributed by atoms with Crippen molar-refractivity contribution in [1.29, 1.82) is 0 Å². The molecule has 1 fully saturated rings. The van der Waals surface area contributed by atoms with Crippen molar-refractivity contribution in [3.8, 4) is 0 Å². The third-order valence-electron chi connectivity index (χ3n) is 3.33. The van der Waals surface area contributed by atoms with Gasteiger partial charge in [-0.05, 0) is 38.2 Å². The monoisotopic (exact) mass is 297 g/mol. The van der Waals surface area contributed by atoms with E-state index in [2.05, 4.69) is 57.0 Å². The molecule has 1 aromatic rings. The molecular weight excluding hydrogens is 278 g/mol. The Kier molecular flexibility index (Phi) is 4.42. The van der Waals surface area contributed by atoms with Gasteiger partial charge in [-0.25, -0.2) is 0 Å². The summed E-state index contributed by atoms with van der Waals surface area (Å²) in [7, 11) is 2.18. The van der Waals surface area contributed by atoms with E-state index in [9.17, 15) is 0 Å². The Balaban J connectivity index is 2.17. The first-order valence-corrected chi connectivity index (χ1v) is 6.91. The van der Waals surface area contributed by atoms with E-state index < -0.39 is 0 Å². The molecule has 1 saturated heterocycles. The van der Waals surface area contributed by atoms with Crippen molar-refractivity contribution < 1.29 is 0 Å². The number of piperazine rings is 1. The van der Waals surface area contributed by atoms with Gasteiger partial charge in [-0.15, -0.1) is 0 Å². The van der Waals surface area contributed by atoms with E-state index in [1.54, 1.807) is 0 Å². The highest BCUT2D eigenvalue weighted by atomic mass is 79.9. The van der Waals surface area contributed by atoms with E-state index in [-0.39, 0.29) is 0 Å². The van der Waals surface area contributed by atoms with E-state index in [1.807, 2.05) is 0 Å². The number of hydrogen-bond donors (Lipinski definition) is 1. The molecule has 1 aromatic carbocycles. The Morgan fingerprint density at radius 1 is 1.41 bits per heavy atom. The maximum Gasteiger partial charge on any atom is 0.0429 e. The van der Waals surface area contributed by atoms with Gasteiger partial charge >= 0.3 is 0 Å². The van der Waals surface area contributed by atoms with Crippen LogP contribution in [0.15, 0.2) is 28.7 Å². The van der Waals surface area contributed by atoms with Gasteiger partial charge in [-0.3, -0.25) is 0 Å². The molecule has 1 atom stereocenters. The van der Waals surface area contributed by atoms with Crippen LogP contribution in [0.1, 0.15) is 6.42 Å². The molecule has 1 aliphatic heterocycles. The number of halogens is 1. The number of likely N-dealkylation sites (N-methyl/N-ethyl adjacent to an activating group) is 1. The van der Waals surface area contributed by atoms with Gasteiger partial charge in [0.1, 0.15) is 0 Å². The molecule has 3 nitrogen and oxygen atoms in total. The summed E-state index contributed by atoms with van der Waals surface area (Å²) in [4.78, 5) is 4.87. The van der Waals surface area contributed by atoms with Crippen LogP contribution in [0.4, 0.5) is 5.69 Å². The minimum absolute atomic E-state index is 0.535. The van der Waals surface area contributed by atoms with Gasteiger partial charge in [0.05, 0.1) is 0 Å². The molecule has 0 radical (unpaired) electrons. The van der Waals surface area contributed by atoms with Crippen LogP contribution in [0.2, 0.25) is 0 Å². The summed E-state index contributed by atoms with van der Waals surface area (Å²) in [6.07, 6.45) is 1.05. The summed E-state index contributed by atoms with van der Waals surface area (Å²) in [6, 6.07) is 9.07. The summed E-state index contributed by atoms with van der Waals surface area (Å²) in [5.41, 5.74) is 7.02. The van der Waals surface area contributed by atoms with Crippen LogP contribution < -0.4 is 10.6 Å². The van der Waals surface area contributed by atoms with Gasteiger partial charge in [-0.1, -0.05) is 22.0 Å². The van der Waals surface area contributed by atoms with Crippen molar-refractivity contribution in [2.24, 2.45) is 5.73 Å². The van der Waals surface area contributed by atoms with Gasteiger partial charge in [0.2, 0.25) is 0 Å². The number of rotatable bonds is 3. The zero-order valence-electron chi connectivity index (χ0n) is 10.3. The smallest absolute Gasteiger partial charge is 0.0429 e. The summed E-state index contributed by atoms with van der Waals surface area (Å²) in [5, 5.41) is 0. The quantitative estimate of drug-likeness (QED) is 0.925. The van der Waals surface area contributed by atoms with Gasteiger partial charge < -0.3 is 15.5 Å². The van der Waals surface area contributed by atoms with Crippen LogP contribution in [0.3, 0.4) is 0 Å². The predicted molar refractivity (Wildman–Crippen MR) is 76.4 cm³/mol. The van der Waals surface area contributed by atoms with Gasteiger partial charge in [0.25, 0.3) is 0 Å². The molecule has 0 aromatic heterocycles. The second kappa shape index (κ2) is 5.85. The molecule has 0 spiro atoms. The zero-order valence-corrected chi connectivity index (χ0v) is 11.9. The average Bonchev–Trinajstić information content (AvgIpc) is 2.29. The lowest BCUT2D eigenvalue weighted by Crippen LogP contribution is -2.52. The highest BCUT2D eigenvalue weighted by Gasteiger charge is 2.24. The molecule has 1 heterocycles. The number of nitrogens with two attached hydrogens (primary N) is 1. The molecule has 94 valence electrons. The second-order valence-corrected chi connectivity index (χ2v) is 5.58. The molecule has 0 saturated carbocycles. The van der Waals surface area contributed by atoms with E-state index in [4.69, 9.17) is 5.73 Å². The fraction of sp³-hybridized carbons (Fsp3) is 0.538. The predicted octanol–water partition coefficient (Wildman–Crippen LogP) is 1.92. The highest BCUT2D eigenvalue weighted by molar-refractivity contribution is 9.10. The topological polar surface area (TPSA) is 32.5 Å². The number of nitrogens with zero attached hydrogens (tertiary/aromatic N) is 2. The zero-order chi connectivity index (χ0) is 12.3. The Morgan fingerprint density at radius 2 is 2.24 bits per heavy atom. The minimum atomic E-state index is 0.535. The summed E-state index contributed by atoms with van der Waals surface area (Å²) >= 11 is 3.54. The highest BCUT2D eigenvalue weighted by Crippen LogP contribution is 2.24. The van der Waals surface area contributed by atoms with Gasteiger partial charge in [0, 0.05) is 35.8 Å². The lowest BCUT2D eigenvalue weighted by Gasteiger charge is -2.41. The second-order valence-electron chi connectivity index (χ2n) is 4.67. The standard InChI is InChI=1S/C13H20BrN3/c1-16-7-8-17(13(10-16)5-6-15)12-4-2-3-11(14)9-12/h2-4,9,13H,5-8,10,15H2,1H3. The van der Waals surface area contributed by atoms with Gasteiger partial charge in [-0.2, -0.15) is 0 Å². The first-order chi connectivity index (χ1) is 8.20. The minimum Gasteiger partial charge on any atom is -0.366 e. The van der Waals surface area contributed by atoms with Crippen molar-refractivity contribution in [1.82, 2.24) is 4.90 Å². The first kappa shape index (κ1) is 12.9. The van der Waals surface area contributed by atoms with Crippen molar-refractivity contribution in [2.45, 2.75) is 12.5 Å². The molecule has 0 bridgehead atoms. The van der Waals surface area contributed by atoms with Crippen LogP contribution in [0, 0.1) is 0 Å². The molecular formula is C13H20BrN3. The fourth-order valence-electron chi connectivity index (χ4n) is 2.44. The molecule has 2 N–H and O–H groups in total. The molecule has 1 unspecified atom stereocenters. The van der Waals surface area contributed by atoms with Crippen LogP contribution >= 0.6 is 15.9 Å². The van der Waals surface area contributed by atoms with Crippen LogP contribution in [0.5, 0.6) is 0 Å². The van der Waals surface area contributed by atoms with E-state index in [0.717, 1.165) is 37.1 Å². The summed E-state index contributed by atoms with van der Waals surface area (Å²) in [6.45, 7) is 4.05. The normalized spacial score (nSPS) is 21.8. The molecule has 17 heavy (non-hydrogen) atoms. The maximum atomic E-state index is 5.72. The van der Waals surface area contributed by atoms with Gasteiger partial charge in [0.15, 0.2) is 0 Å². The van der Waals surface area contributed by atoms with E-state index >= 15 is 0 Å². The molecule has 4 heteroatoms. The first-order valence-electron chi connectivity index (χ1n) is 6.11. The van der Waals surface area contributed by atoms with Crippen molar-refractivity contribution in [3.63, 3.8) is 0 Å². The maximum absolute atomic E-state index is 5.72. The van der Waals surface area contributed by atoms with Crippen LogP contribution in [0.25, 0.3) is 0 Å². The van der Waals surface area contributed by atoms with Crippen molar-refractivity contribution >= 4 is 21.6 Å². The number of hydrogen-bond acceptors (Lipinski definition) is 3.